The van der Waals surface area contributed by atoms with Gasteiger partial charge in [-0.05, 0) is 12.1 Å². The van der Waals surface area contributed by atoms with E-state index in [4.69, 9.17) is 17.0 Å². The molecule has 0 radical (unpaired) electrons. The van der Waals surface area contributed by atoms with Crippen molar-refractivity contribution in [1.82, 2.24) is 4.90 Å². The predicted molar refractivity (Wildman–Crippen MR) is 72.4 cm³/mol. The lowest BCUT2D eigenvalue weighted by Gasteiger charge is -2.28. The standard InChI is InChI=1S/C12H12N2O4S/c15-11(12(19)13-5-7-18-8-6-13)9-1-3-10(4-2-9)14(16)17/h1-4H,5-8H2. The second-order valence-electron chi connectivity index (χ2n) is 4.04. The smallest absolute Gasteiger partial charge is 0.269 e. The molecule has 1 fully saturated rings. The van der Waals surface area contributed by atoms with E-state index in [1.54, 1.807) is 4.90 Å². The summed E-state index contributed by atoms with van der Waals surface area (Å²) in [6.45, 7) is 2.29. The van der Waals surface area contributed by atoms with Gasteiger partial charge in [-0.3, -0.25) is 14.9 Å². The Hall–Kier alpha value is -1.86. The number of ketones is 1. The fraction of sp³-hybridized carbons (Fsp3) is 0.333. The average Bonchev–Trinajstić information content (AvgIpc) is 2.46. The molecular formula is C12H12N2O4S. The quantitative estimate of drug-likeness (QED) is 0.361. The molecule has 0 aromatic heterocycles. The summed E-state index contributed by atoms with van der Waals surface area (Å²) in [5.41, 5.74) is 0.316. The second-order valence-corrected chi connectivity index (χ2v) is 4.42. The zero-order valence-electron chi connectivity index (χ0n) is 10.1. The van der Waals surface area contributed by atoms with Crippen molar-refractivity contribution in [3.63, 3.8) is 0 Å². The van der Waals surface area contributed by atoms with E-state index in [1.807, 2.05) is 0 Å². The number of hydrogen-bond acceptors (Lipinski definition) is 5. The Morgan fingerprint density at radius 3 is 2.37 bits per heavy atom. The van der Waals surface area contributed by atoms with Crippen LogP contribution in [0.2, 0.25) is 0 Å². The molecule has 1 aliphatic heterocycles. The Bertz CT molecular complexity index is 509. The number of nitro benzene ring substituents is 1. The van der Waals surface area contributed by atoms with Gasteiger partial charge in [0.15, 0.2) is 4.99 Å². The Labute approximate surface area is 115 Å². The molecule has 0 N–H and O–H groups in total. The molecule has 0 saturated carbocycles. The van der Waals surface area contributed by atoms with Gasteiger partial charge in [0.2, 0.25) is 5.78 Å². The molecule has 1 aromatic carbocycles. The van der Waals surface area contributed by atoms with Gasteiger partial charge in [-0.15, -0.1) is 0 Å². The molecule has 1 saturated heterocycles. The molecule has 0 unspecified atom stereocenters. The van der Waals surface area contributed by atoms with Crippen molar-refractivity contribution >= 4 is 28.7 Å². The Balaban J connectivity index is 2.10. The molecule has 0 aliphatic carbocycles. The number of carbonyl (C=O) groups is 1. The van der Waals surface area contributed by atoms with Crippen LogP contribution in [0.5, 0.6) is 0 Å². The fourth-order valence-electron chi connectivity index (χ4n) is 1.77. The minimum Gasteiger partial charge on any atom is -0.378 e. The second kappa shape index (κ2) is 5.85. The first-order valence-electron chi connectivity index (χ1n) is 5.75. The van der Waals surface area contributed by atoms with Gasteiger partial charge in [-0.1, -0.05) is 12.2 Å². The van der Waals surface area contributed by atoms with Crippen molar-refractivity contribution in [2.24, 2.45) is 0 Å². The largest absolute Gasteiger partial charge is 0.378 e. The van der Waals surface area contributed by atoms with Crippen LogP contribution >= 0.6 is 12.2 Å². The van der Waals surface area contributed by atoms with Gasteiger partial charge in [0.1, 0.15) is 0 Å². The normalized spacial score (nSPS) is 15.1. The molecule has 0 bridgehead atoms. The molecule has 1 aromatic rings. The van der Waals surface area contributed by atoms with Gasteiger partial charge >= 0.3 is 0 Å². The summed E-state index contributed by atoms with van der Waals surface area (Å²) in [5.74, 6) is -0.285. The number of hydrogen-bond donors (Lipinski definition) is 0. The van der Waals surface area contributed by atoms with Crippen LogP contribution in [0.3, 0.4) is 0 Å². The van der Waals surface area contributed by atoms with Crippen LogP contribution < -0.4 is 0 Å². The average molecular weight is 280 g/mol. The maximum absolute atomic E-state index is 12.1. The van der Waals surface area contributed by atoms with Crippen LogP contribution in [-0.4, -0.2) is 46.9 Å². The lowest BCUT2D eigenvalue weighted by Crippen LogP contribution is -2.43. The number of thiocarbonyl (C=S) groups is 1. The molecule has 0 amide bonds. The molecule has 19 heavy (non-hydrogen) atoms. The summed E-state index contributed by atoms with van der Waals surface area (Å²) in [7, 11) is 0. The van der Waals surface area contributed by atoms with Crippen molar-refractivity contribution in [3.8, 4) is 0 Å². The van der Waals surface area contributed by atoms with Gasteiger partial charge in [-0.2, -0.15) is 0 Å². The summed E-state index contributed by atoms with van der Waals surface area (Å²) in [4.78, 5) is 24.2. The molecule has 0 spiro atoms. The number of carbonyl (C=O) groups excluding carboxylic acids is 1. The first kappa shape index (κ1) is 13.6. The zero-order chi connectivity index (χ0) is 13.8. The van der Waals surface area contributed by atoms with Crippen molar-refractivity contribution < 1.29 is 14.5 Å². The predicted octanol–water partition coefficient (Wildman–Crippen LogP) is 1.44. The van der Waals surface area contributed by atoms with Crippen LogP contribution in [0.4, 0.5) is 5.69 Å². The highest BCUT2D eigenvalue weighted by Crippen LogP contribution is 2.14. The van der Waals surface area contributed by atoms with Crippen LogP contribution in [0, 0.1) is 10.1 Å². The van der Waals surface area contributed by atoms with Gasteiger partial charge in [-0.25, -0.2) is 0 Å². The van der Waals surface area contributed by atoms with Crippen molar-refractivity contribution in [2.45, 2.75) is 0 Å². The Morgan fingerprint density at radius 1 is 1.26 bits per heavy atom. The number of Topliss-reactive ketones (excluding diaryl/α,β-unsaturated/α-hetero) is 1. The van der Waals surface area contributed by atoms with Crippen LogP contribution in [0.25, 0.3) is 0 Å². The van der Waals surface area contributed by atoms with Crippen molar-refractivity contribution in [3.05, 3.63) is 39.9 Å². The zero-order valence-corrected chi connectivity index (χ0v) is 10.9. The van der Waals surface area contributed by atoms with E-state index >= 15 is 0 Å². The monoisotopic (exact) mass is 280 g/mol. The highest BCUT2D eigenvalue weighted by Gasteiger charge is 2.21. The molecular weight excluding hydrogens is 268 g/mol. The molecule has 6 nitrogen and oxygen atoms in total. The molecule has 1 heterocycles. The van der Waals surface area contributed by atoms with E-state index in [0.717, 1.165) is 0 Å². The van der Waals surface area contributed by atoms with E-state index in [9.17, 15) is 14.9 Å². The Morgan fingerprint density at radius 2 is 1.84 bits per heavy atom. The summed E-state index contributed by atoms with van der Waals surface area (Å²) >= 11 is 5.15. The SMILES string of the molecule is O=C(C(=S)N1CCOCC1)c1ccc([N+](=O)[O-])cc1. The maximum Gasteiger partial charge on any atom is 0.269 e. The third-order valence-corrected chi connectivity index (χ3v) is 3.28. The van der Waals surface area contributed by atoms with E-state index in [-0.39, 0.29) is 16.5 Å². The topological polar surface area (TPSA) is 72.7 Å². The molecule has 100 valence electrons. The number of nitrogens with zero attached hydrogens (tertiary/aromatic N) is 2. The number of morpholine rings is 1. The van der Waals surface area contributed by atoms with Crippen molar-refractivity contribution in [2.75, 3.05) is 26.3 Å². The highest BCUT2D eigenvalue weighted by molar-refractivity contribution is 7.82. The number of non-ortho nitro benzene ring substituents is 1. The summed E-state index contributed by atoms with van der Waals surface area (Å²) in [6.07, 6.45) is 0. The third kappa shape index (κ3) is 3.12. The third-order valence-electron chi connectivity index (χ3n) is 2.83. The first-order chi connectivity index (χ1) is 9.09. The van der Waals surface area contributed by atoms with Crippen LogP contribution in [0.1, 0.15) is 10.4 Å². The summed E-state index contributed by atoms with van der Waals surface area (Å²) in [5, 5.41) is 10.5. The van der Waals surface area contributed by atoms with Gasteiger partial charge in [0.25, 0.3) is 5.69 Å². The summed E-state index contributed by atoms with van der Waals surface area (Å²) in [6, 6.07) is 5.45. The van der Waals surface area contributed by atoms with E-state index in [0.29, 0.717) is 31.9 Å². The molecule has 1 aliphatic rings. The summed E-state index contributed by atoms with van der Waals surface area (Å²) < 4.78 is 5.19. The van der Waals surface area contributed by atoms with E-state index < -0.39 is 4.92 Å². The molecule has 0 atom stereocenters. The lowest BCUT2D eigenvalue weighted by molar-refractivity contribution is -0.384. The Kier molecular flexibility index (Phi) is 4.18. The van der Waals surface area contributed by atoms with E-state index in [1.165, 1.54) is 24.3 Å². The van der Waals surface area contributed by atoms with Crippen LogP contribution in [-0.2, 0) is 4.74 Å². The first-order valence-corrected chi connectivity index (χ1v) is 6.16. The van der Waals surface area contributed by atoms with Crippen molar-refractivity contribution in [1.29, 1.82) is 0 Å². The van der Waals surface area contributed by atoms with Gasteiger partial charge in [0, 0.05) is 30.8 Å². The van der Waals surface area contributed by atoms with Crippen LogP contribution in [0.15, 0.2) is 24.3 Å². The number of benzene rings is 1. The number of ether oxygens (including phenoxy) is 1. The van der Waals surface area contributed by atoms with Gasteiger partial charge in [0.05, 0.1) is 18.1 Å². The lowest BCUT2D eigenvalue weighted by atomic mass is 10.1. The molecule has 7 heteroatoms. The maximum atomic E-state index is 12.1. The fourth-order valence-corrected chi connectivity index (χ4v) is 2.07. The highest BCUT2D eigenvalue weighted by atomic mass is 32.1. The molecule has 2 rings (SSSR count). The van der Waals surface area contributed by atoms with E-state index in [2.05, 4.69) is 0 Å². The number of rotatable bonds is 3. The minimum atomic E-state index is -0.505. The minimum absolute atomic E-state index is 0.0474. The van der Waals surface area contributed by atoms with Gasteiger partial charge < -0.3 is 9.64 Å². The number of nitro groups is 1.